The number of nitrogens with one attached hydrogen (secondary N) is 1. The van der Waals surface area contributed by atoms with Gasteiger partial charge in [0.2, 0.25) is 0 Å². The van der Waals surface area contributed by atoms with Gasteiger partial charge in [0.1, 0.15) is 0 Å². The van der Waals surface area contributed by atoms with E-state index in [0.29, 0.717) is 12.1 Å². The number of aromatic nitrogens is 1. The molecule has 0 saturated heterocycles. The molecule has 0 bridgehead atoms. The fraction of sp³-hybridized carbons (Fsp3) is 0.214. The number of phenols is 2. The minimum absolute atomic E-state index is 0.0923. The van der Waals surface area contributed by atoms with Crippen LogP contribution in [0, 0.1) is 0 Å². The minimum atomic E-state index is -0.113. The molecule has 0 aliphatic rings. The Morgan fingerprint density at radius 2 is 2.00 bits per heavy atom. The summed E-state index contributed by atoms with van der Waals surface area (Å²) in [6, 6.07) is 6.81. The molecule has 1 aromatic heterocycles. The second-order valence-electron chi connectivity index (χ2n) is 4.43. The van der Waals surface area contributed by atoms with Crippen molar-refractivity contribution in [3.8, 4) is 11.5 Å². The summed E-state index contributed by atoms with van der Waals surface area (Å²) < 4.78 is 0. The van der Waals surface area contributed by atoms with E-state index in [4.69, 9.17) is 0 Å². The number of nitrogens with zero attached hydrogens (tertiary/aromatic N) is 2. The Morgan fingerprint density at radius 1 is 1.21 bits per heavy atom. The van der Waals surface area contributed by atoms with Crippen molar-refractivity contribution in [2.45, 2.75) is 6.54 Å². The Bertz CT molecular complexity index is 570. The van der Waals surface area contributed by atoms with Crippen LogP contribution in [-0.4, -0.2) is 29.3 Å². The molecule has 0 fully saturated rings. The van der Waals surface area contributed by atoms with Crippen molar-refractivity contribution in [3.63, 3.8) is 0 Å². The maximum Gasteiger partial charge on any atom is 0.162 e. The molecular formula is C14H17N3O2. The second-order valence-corrected chi connectivity index (χ2v) is 4.43. The van der Waals surface area contributed by atoms with E-state index in [1.807, 2.05) is 25.1 Å². The molecule has 1 heterocycles. The topological polar surface area (TPSA) is 68.6 Å². The molecule has 0 atom stereocenters. The zero-order chi connectivity index (χ0) is 13.8. The van der Waals surface area contributed by atoms with Crippen LogP contribution < -0.4 is 10.2 Å². The van der Waals surface area contributed by atoms with Gasteiger partial charge in [-0.3, -0.25) is 4.98 Å². The summed E-state index contributed by atoms with van der Waals surface area (Å²) in [5.41, 5.74) is 2.51. The molecule has 5 nitrogen and oxygen atoms in total. The zero-order valence-corrected chi connectivity index (χ0v) is 11.0. The van der Waals surface area contributed by atoms with E-state index < -0.39 is 0 Å². The Morgan fingerprint density at radius 3 is 2.74 bits per heavy atom. The van der Waals surface area contributed by atoms with Crippen molar-refractivity contribution in [3.05, 3.63) is 42.2 Å². The van der Waals surface area contributed by atoms with Gasteiger partial charge in [0.15, 0.2) is 11.5 Å². The van der Waals surface area contributed by atoms with Gasteiger partial charge in [-0.25, -0.2) is 0 Å². The van der Waals surface area contributed by atoms with Crippen molar-refractivity contribution in [1.82, 2.24) is 4.98 Å². The van der Waals surface area contributed by atoms with Crippen molar-refractivity contribution in [2.24, 2.45) is 0 Å². The summed E-state index contributed by atoms with van der Waals surface area (Å²) in [4.78, 5) is 6.06. The fourth-order valence-electron chi connectivity index (χ4n) is 1.82. The standard InChI is InChI=1S/C14H17N3O2/c1-17(2)12-6-7-15-9-11(12)16-8-10-4-3-5-13(18)14(10)19/h3-7,9,16,18-19H,8H2,1-2H3. The molecule has 2 aromatic rings. The summed E-state index contributed by atoms with van der Waals surface area (Å²) in [5, 5.41) is 22.4. The third-order valence-corrected chi connectivity index (χ3v) is 2.85. The first-order valence-corrected chi connectivity index (χ1v) is 5.94. The van der Waals surface area contributed by atoms with Crippen LogP contribution in [0.5, 0.6) is 11.5 Å². The van der Waals surface area contributed by atoms with Crippen LogP contribution in [0.3, 0.4) is 0 Å². The van der Waals surface area contributed by atoms with Gasteiger partial charge in [0, 0.05) is 32.4 Å². The largest absolute Gasteiger partial charge is 0.504 e. The van der Waals surface area contributed by atoms with Gasteiger partial charge >= 0.3 is 0 Å². The Labute approximate surface area is 112 Å². The molecule has 0 amide bonds. The molecule has 0 aliphatic carbocycles. The van der Waals surface area contributed by atoms with Crippen molar-refractivity contribution in [1.29, 1.82) is 0 Å². The number of aromatic hydroxyl groups is 2. The molecule has 0 radical (unpaired) electrons. The number of para-hydroxylation sites is 1. The van der Waals surface area contributed by atoms with Crippen LogP contribution >= 0.6 is 0 Å². The summed E-state index contributed by atoms with van der Waals surface area (Å²) in [7, 11) is 3.90. The third-order valence-electron chi connectivity index (χ3n) is 2.85. The van der Waals surface area contributed by atoms with Crippen LogP contribution in [0.15, 0.2) is 36.7 Å². The monoisotopic (exact) mass is 259 g/mol. The van der Waals surface area contributed by atoms with Crippen molar-refractivity contribution in [2.75, 3.05) is 24.3 Å². The van der Waals surface area contributed by atoms with E-state index in [1.54, 1.807) is 24.5 Å². The van der Waals surface area contributed by atoms with Gasteiger partial charge in [-0.15, -0.1) is 0 Å². The van der Waals surface area contributed by atoms with E-state index in [1.165, 1.54) is 6.07 Å². The first kappa shape index (κ1) is 13.0. The molecule has 0 unspecified atom stereocenters. The first-order valence-electron chi connectivity index (χ1n) is 5.94. The highest BCUT2D eigenvalue weighted by Crippen LogP contribution is 2.29. The number of rotatable bonds is 4. The summed E-state index contributed by atoms with van der Waals surface area (Å²) in [6.07, 6.45) is 3.46. The highest BCUT2D eigenvalue weighted by atomic mass is 16.3. The predicted octanol–water partition coefficient (Wildman–Crippen LogP) is 2.17. The summed E-state index contributed by atoms with van der Waals surface area (Å²) in [5.74, 6) is -0.205. The van der Waals surface area contributed by atoms with Gasteiger partial charge in [0.25, 0.3) is 0 Å². The van der Waals surface area contributed by atoms with Crippen LogP contribution in [0.25, 0.3) is 0 Å². The number of hydrogen-bond donors (Lipinski definition) is 3. The molecule has 19 heavy (non-hydrogen) atoms. The molecule has 100 valence electrons. The molecule has 1 aromatic carbocycles. The zero-order valence-electron chi connectivity index (χ0n) is 11.0. The number of pyridine rings is 1. The summed E-state index contributed by atoms with van der Waals surface area (Å²) >= 11 is 0. The van der Waals surface area contributed by atoms with Gasteiger partial charge in [-0.1, -0.05) is 12.1 Å². The third kappa shape index (κ3) is 2.88. The maximum absolute atomic E-state index is 9.74. The van der Waals surface area contributed by atoms with E-state index in [0.717, 1.165) is 11.4 Å². The van der Waals surface area contributed by atoms with E-state index in [-0.39, 0.29) is 11.5 Å². The SMILES string of the molecule is CN(C)c1ccncc1NCc1cccc(O)c1O. The molecule has 5 heteroatoms. The van der Waals surface area contributed by atoms with Crippen molar-refractivity contribution < 1.29 is 10.2 Å². The molecule has 2 rings (SSSR count). The maximum atomic E-state index is 9.74. The minimum Gasteiger partial charge on any atom is -0.504 e. The Balaban J connectivity index is 2.17. The Hall–Kier alpha value is -2.43. The number of benzene rings is 1. The molecule has 0 saturated carbocycles. The predicted molar refractivity (Wildman–Crippen MR) is 75.7 cm³/mol. The lowest BCUT2D eigenvalue weighted by molar-refractivity contribution is 0.400. The van der Waals surface area contributed by atoms with Crippen molar-refractivity contribution >= 4 is 11.4 Å². The second kappa shape index (κ2) is 5.48. The first-order chi connectivity index (χ1) is 9.09. The normalized spacial score (nSPS) is 10.2. The molecule has 0 spiro atoms. The number of hydrogen-bond acceptors (Lipinski definition) is 5. The lowest BCUT2D eigenvalue weighted by atomic mass is 10.2. The Kier molecular flexibility index (Phi) is 3.75. The number of phenolic OH excluding ortho intramolecular Hbond substituents is 2. The average Bonchev–Trinajstić information content (AvgIpc) is 2.40. The molecule has 0 aliphatic heterocycles. The van der Waals surface area contributed by atoms with E-state index >= 15 is 0 Å². The highest BCUT2D eigenvalue weighted by molar-refractivity contribution is 5.68. The smallest absolute Gasteiger partial charge is 0.162 e. The van der Waals surface area contributed by atoms with Gasteiger partial charge in [0.05, 0.1) is 17.6 Å². The van der Waals surface area contributed by atoms with Crippen LogP contribution in [0.2, 0.25) is 0 Å². The lowest BCUT2D eigenvalue weighted by Gasteiger charge is -2.18. The quantitative estimate of drug-likeness (QED) is 0.734. The molecular weight excluding hydrogens is 242 g/mol. The average molecular weight is 259 g/mol. The van der Waals surface area contributed by atoms with Crippen LogP contribution in [-0.2, 0) is 6.54 Å². The van der Waals surface area contributed by atoms with Gasteiger partial charge < -0.3 is 20.4 Å². The van der Waals surface area contributed by atoms with E-state index in [9.17, 15) is 10.2 Å². The van der Waals surface area contributed by atoms with Crippen LogP contribution in [0.1, 0.15) is 5.56 Å². The summed E-state index contributed by atoms with van der Waals surface area (Å²) in [6.45, 7) is 0.409. The van der Waals surface area contributed by atoms with Crippen LogP contribution in [0.4, 0.5) is 11.4 Å². The highest BCUT2D eigenvalue weighted by Gasteiger charge is 2.08. The van der Waals surface area contributed by atoms with E-state index in [2.05, 4.69) is 10.3 Å². The van der Waals surface area contributed by atoms with Gasteiger partial charge in [-0.05, 0) is 12.1 Å². The number of anilines is 2. The molecule has 3 N–H and O–H groups in total. The fourth-order valence-corrected chi connectivity index (χ4v) is 1.82. The lowest BCUT2D eigenvalue weighted by Crippen LogP contribution is -2.12. The van der Waals surface area contributed by atoms with Gasteiger partial charge in [-0.2, -0.15) is 0 Å².